The molecule has 1 amide bonds. The number of aromatic nitrogens is 3. The van der Waals surface area contributed by atoms with Gasteiger partial charge in [-0.3, -0.25) is 4.79 Å². The van der Waals surface area contributed by atoms with Crippen molar-refractivity contribution in [1.29, 1.82) is 0 Å². The predicted molar refractivity (Wildman–Crippen MR) is 92.2 cm³/mol. The first-order valence-electron chi connectivity index (χ1n) is 9.12. The first kappa shape index (κ1) is 15.5. The van der Waals surface area contributed by atoms with Crippen molar-refractivity contribution < 1.29 is 13.7 Å². The van der Waals surface area contributed by atoms with Gasteiger partial charge in [-0.1, -0.05) is 5.16 Å². The third kappa shape index (κ3) is 2.67. The zero-order valence-corrected chi connectivity index (χ0v) is 14.2. The topological polar surface area (TPSA) is 75.0 Å². The summed E-state index contributed by atoms with van der Waals surface area (Å²) in [6, 6.07) is 6.10. The van der Waals surface area contributed by atoms with Gasteiger partial charge in [-0.2, -0.15) is 0 Å². The van der Waals surface area contributed by atoms with E-state index in [9.17, 15) is 9.18 Å². The van der Waals surface area contributed by atoms with Gasteiger partial charge in [0.2, 0.25) is 0 Å². The van der Waals surface area contributed by atoms with Crippen LogP contribution >= 0.6 is 0 Å². The number of nitrogens with one attached hydrogen (secondary N) is 1. The quantitative estimate of drug-likeness (QED) is 0.773. The number of likely N-dealkylation sites (tertiary alicyclic amines) is 1. The summed E-state index contributed by atoms with van der Waals surface area (Å²) in [7, 11) is 0. The second-order valence-electron chi connectivity index (χ2n) is 7.18. The largest absolute Gasteiger partial charge is 0.360 e. The Morgan fingerprint density at radius 2 is 2.12 bits per heavy atom. The Labute approximate surface area is 149 Å². The van der Waals surface area contributed by atoms with E-state index >= 15 is 0 Å². The summed E-state index contributed by atoms with van der Waals surface area (Å²) in [5.41, 5.74) is 1.72. The van der Waals surface area contributed by atoms with E-state index in [4.69, 9.17) is 4.52 Å². The Hall–Kier alpha value is -2.70. The van der Waals surface area contributed by atoms with Crippen molar-refractivity contribution in [3.63, 3.8) is 0 Å². The molecule has 0 bridgehead atoms. The predicted octanol–water partition coefficient (Wildman–Crippen LogP) is 3.93. The Bertz CT molecular complexity index is 975. The van der Waals surface area contributed by atoms with Crippen LogP contribution in [0.4, 0.5) is 4.39 Å². The SMILES string of the molecule is O=C(c1cc(C2CC2)on1)N1CCCCC1c1nc2ccc(F)cc2[nH]1. The lowest BCUT2D eigenvalue weighted by Crippen LogP contribution is -2.39. The maximum absolute atomic E-state index is 13.5. The third-order valence-electron chi connectivity index (χ3n) is 5.27. The molecule has 0 radical (unpaired) electrons. The molecule has 3 aromatic rings. The highest BCUT2D eigenvalue weighted by Gasteiger charge is 2.34. The molecule has 3 heterocycles. The first-order valence-corrected chi connectivity index (χ1v) is 9.12. The van der Waals surface area contributed by atoms with Gasteiger partial charge in [0.25, 0.3) is 5.91 Å². The van der Waals surface area contributed by atoms with Crippen LogP contribution < -0.4 is 0 Å². The van der Waals surface area contributed by atoms with Crippen LogP contribution in [0.1, 0.15) is 66.1 Å². The molecule has 2 aliphatic rings. The van der Waals surface area contributed by atoms with Gasteiger partial charge in [0, 0.05) is 18.5 Å². The molecule has 1 aromatic carbocycles. The van der Waals surface area contributed by atoms with Gasteiger partial charge in [0.1, 0.15) is 17.4 Å². The molecular weight excluding hydrogens is 335 g/mol. The number of hydrogen-bond donors (Lipinski definition) is 1. The highest BCUT2D eigenvalue weighted by Crippen LogP contribution is 2.40. The Kier molecular flexibility index (Phi) is 3.55. The van der Waals surface area contributed by atoms with Crippen molar-refractivity contribution in [3.8, 4) is 0 Å². The molecule has 5 rings (SSSR count). The number of imidazole rings is 1. The lowest BCUT2D eigenvalue weighted by atomic mass is 10.0. The van der Waals surface area contributed by atoms with Crippen molar-refractivity contribution in [2.45, 2.75) is 44.1 Å². The van der Waals surface area contributed by atoms with E-state index in [1.165, 1.54) is 12.1 Å². The molecule has 134 valence electrons. The average Bonchev–Trinajstić information content (AvgIpc) is 3.24. The number of benzene rings is 1. The van der Waals surface area contributed by atoms with E-state index in [0.717, 1.165) is 37.9 Å². The van der Waals surface area contributed by atoms with E-state index in [-0.39, 0.29) is 17.8 Å². The molecule has 6 nitrogen and oxygen atoms in total. The number of amides is 1. The van der Waals surface area contributed by atoms with Crippen molar-refractivity contribution in [2.24, 2.45) is 0 Å². The van der Waals surface area contributed by atoms with Gasteiger partial charge < -0.3 is 14.4 Å². The number of piperidine rings is 1. The molecule has 0 spiro atoms. The summed E-state index contributed by atoms with van der Waals surface area (Å²) in [5, 5.41) is 3.99. The number of aromatic amines is 1. The summed E-state index contributed by atoms with van der Waals surface area (Å²) in [6.07, 6.45) is 4.99. The standard InChI is InChI=1S/C19H19FN4O2/c20-12-6-7-13-14(9-12)22-18(21-13)16-3-1-2-8-24(16)19(25)15-10-17(26-23-15)11-4-5-11/h6-7,9-11,16H,1-5,8H2,(H,21,22). The van der Waals surface area contributed by atoms with E-state index in [1.807, 2.05) is 4.90 Å². The minimum atomic E-state index is -0.306. The van der Waals surface area contributed by atoms with Crippen LogP contribution in [0.3, 0.4) is 0 Å². The van der Waals surface area contributed by atoms with Gasteiger partial charge >= 0.3 is 0 Å². The number of rotatable bonds is 3. The number of nitrogens with zero attached hydrogens (tertiary/aromatic N) is 3. The van der Waals surface area contributed by atoms with Crippen LogP contribution in [0.25, 0.3) is 11.0 Å². The van der Waals surface area contributed by atoms with E-state index < -0.39 is 0 Å². The minimum Gasteiger partial charge on any atom is -0.360 e. The summed E-state index contributed by atoms with van der Waals surface area (Å²) < 4.78 is 18.8. The smallest absolute Gasteiger partial charge is 0.276 e. The molecule has 7 heteroatoms. The molecule has 1 aliphatic carbocycles. The monoisotopic (exact) mass is 354 g/mol. The molecule has 2 aromatic heterocycles. The summed E-state index contributed by atoms with van der Waals surface area (Å²) in [4.78, 5) is 22.6. The summed E-state index contributed by atoms with van der Waals surface area (Å²) >= 11 is 0. The van der Waals surface area contributed by atoms with E-state index in [2.05, 4.69) is 15.1 Å². The number of halogens is 1. The molecule has 1 aliphatic heterocycles. The Balaban J connectivity index is 1.46. The number of carbonyl (C=O) groups is 1. The van der Waals surface area contributed by atoms with Crippen LogP contribution in [0.5, 0.6) is 0 Å². The highest BCUT2D eigenvalue weighted by molar-refractivity contribution is 5.92. The fourth-order valence-electron chi connectivity index (χ4n) is 3.72. The number of H-pyrrole nitrogens is 1. The number of carbonyl (C=O) groups excluding carboxylic acids is 1. The van der Waals surface area contributed by atoms with Crippen LogP contribution in [-0.2, 0) is 0 Å². The normalized spacial score (nSPS) is 20.7. The molecule has 2 fully saturated rings. The fourth-order valence-corrected chi connectivity index (χ4v) is 3.72. The number of hydrogen-bond acceptors (Lipinski definition) is 4. The summed E-state index contributed by atoms with van der Waals surface area (Å²) in [6.45, 7) is 0.653. The van der Waals surface area contributed by atoms with Gasteiger partial charge in [-0.25, -0.2) is 9.37 Å². The maximum atomic E-state index is 13.5. The molecular formula is C19H19FN4O2. The maximum Gasteiger partial charge on any atom is 0.276 e. The first-order chi connectivity index (χ1) is 12.7. The second-order valence-corrected chi connectivity index (χ2v) is 7.18. The zero-order chi connectivity index (χ0) is 17.7. The van der Waals surface area contributed by atoms with Gasteiger partial charge in [0.05, 0.1) is 17.1 Å². The van der Waals surface area contributed by atoms with Gasteiger partial charge in [-0.15, -0.1) is 0 Å². The number of fused-ring (bicyclic) bond motifs is 1. The minimum absolute atomic E-state index is 0.128. The molecule has 1 N–H and O–H groups in total. The highest BCUT2D eigenvalue weighted by atomic mass is 19.1. The summed E-state index contributed by atoms with van der Waals surface area (Å²) in [5.74, 6) is 1.49. The lowest BCUT2D eigenvalue weighted by molar-refractivity contribution is 0.0590. The van der Waals surface area contributed by atoms with Crippen molar-refractivity contribution in [2.75, 3.05) is 6.54 Å². The van der Waals surface area contributed by atoms with Crippen molar-refractivity contribution >= 4 is 16.9 Å². The molecule has 1 saturated heterocycles. The van der Waals surface area contributed by atoms with Crippen molar-refractivity contribution in [3.05, 3.63) is 47.4 Å². The molecule has 1 atom stereocenters. The van der Waals surface area contributed by atoms with Crippen LogP contribution in [0.2, 0.25) is 0 Å². The third-order valence-corrected chi connectivity index (χ3v) is 5.27. The van der Waals surface area contributed by atoms with Crippen molar-refractivity contribution in [1.82, 2.24) is 20.0 Å². The van der Waals surface area contributed by atoms with Gasteiger partial charge in [0.15, 0.2) is 5.69 Å². The van der Waals surface area contributed by atoms with Crippen LogP contribution in [0, 0.1) is 5.82 Å². The van der Waals surface area contributed by atoms with E-state index in [0.29, 0.717) is 35.0 Å². The fraction of sp³-hybridized carbons (Fsp3) is 0.421. The Morgan fingerprint density at radius 1 is 1.23 bits per heavy atom. The average molecular weight is 354 g/mol. The molecule has 26 heavy (non-hydrogen) atoms. The van der Waals surface area contributed by atoms with Gasteiger partial charge in [-0.05, 0) is 50.3 Å². The zero-order valence-electron chi connectivity index (χ0n) is 14.2. The molecule has 1 unspecified atom stereocenters. The van der Waals surface area contributed by atoms with E-state index in [1.54, 1.807) is 12.1 Å². The van der Waals surface area contributed by atoms with Crippen LogP contribution in [0.15, 0.2) is 28.8 Å². The lowest BCUT2D eigenvalue weighted by Gasteiger charge is -2.33. The second kappa shape index (κ2) is 5.93. The molecule has 1 saturated carbocycles. The van der Waals surface area contributed by atoms with Crippen LogP contribution in [-0.4, -0.2) is 32.5 Å². The Morgan fingerprint density at radius 3 is 2.96 bits per heavy atom.